The summed E-state index contributed by atoms with van der Waals surface area (Å²) in [6.07, 6.45) is 3.67. The van der Waals surface area contributed by atoms with Crippen LogP contribution < -0.4 is 11.1 Å². The first-order valence-corrected chi connectivity index (χ1v) is 6.24. The number of amides is 1. The zero-order valence-electron chi connectivity index (χ0n) is 11.5. The highest BCUT2D eigenvalue weighted by Crippen LogP contribution is 2.11. The molecule has 0 aromatic carbocycles. The van der Waals surface area contributed by atoms with Crippen molar-refractivity contribution in [3.05, 3.63) is 35.4 Å². The molecular weight excluding hydrogens is 242 g/mol. The monoisotopic (exact) mass is 261 g/mol. The molecule has 0 bridgehead atoms. The standard InChI is InChI=1S/C13H19N5O/c1-4-18-8-11(14)5-12(18)13(19)15-6-10-7-17(3)16-9(10)2/h5,7-8H,4,6,14H2,1-3H3,(H,15,19). The van der Waals surface area contributed by atoms with Crippen LogP contribution >= 0.6 is 0 Å². The summed E-state index contributed by atoms with van der Waals surface area (Å²) >= 11 is 0. The molecule has 102 valence electrons. The van der Waals surface area contributed by atoms with Gasteiger partial charge in [-0.2, -0.15) is 5.10 Å². The van der Waals surface area contributed by atoms with E-state index >= 15 is 0 Å². The summed E-state index contributed by atoms with van der Waals surface area (Å²) in [5.41, 5.74) is 8.84. The quantitative estimate of drug-likeness (QED) is 0.864. The smallest absolute Gasteiger partial charge is 0.268 e. The summed E-state index contributed by atoms with van der Waals surface area (Å²) in [7, 11) is 1.86. The first-order valence-electron chi connectivity index (χ1n) is 6.24. The highest BCUT2D eigenvalue weighted by Gasteiger charge is 2.12. The Labute approximate surface area is 112 Å². The highest BCUT2D eigenvalue weighted by atomic mass is 16.1. The van der Waals surface area contributed by atoms with Gasteiger partial charge in [-0.1, -0.05) is 0 Å². The van der Waals surface area contributed by atoms with Crippen LogP contribution in [0.2, 0.25) is 0 Å². The van der Waals surface area contributed by atoms with E-state index in [0.717, 1.165) is 11.3 Å². The van der Waals surface area contributed by atoms with Crippen LogP contribution in [0.25, 0.3) is 0 Å². The van der Waals surface area contributed by atoms with Crippen LogP contribution in [0.4, 0.5) is 5.69 Å². The maximum atomic E-state index is 12.1. The zero-order valence-corrected chi connectivity index (χ0v) is 11.5. The Morgan fingerprint density at radius 2 is 2.21 bits per heavy atom. The molecule has 0 fully saturated rings. The molecule has 0 atom stereocenters. The van der Waals surface area contributed by atoms with Crippen molar-refractivity contribution in [1.29, 1.82) is 0 Å². The minimum Gasteiger partial charge on any atom is -0.397 e. The first-order chi connectivity index (χ1) is 9.01. The third-order valence-corrected chi connectivity index (χ3v) is 3.05. The fourth-order valence-electron chi connectivity index (χ4n) is 2.07. The average Bonchev–Trinajstić information content (AvgIpc) is 2.89. The van der Waals surface area contributed by atoms with Crippen LogP contribution in [0.1, 0.15) is 28.7 Å². The van der Waals surface area contributed by atoms with E-state index in [-0.39, 0.29) is 5.91 Å². The normalized spacial score (nSPS) is 10.7. The molecule has 0 radical (unpaired) electrons. The van der Waals surface area contributed by atoms with E-state index in [4.69, 9.17) is 5.73 Å². The lowest BCUT2D eigenvalue weighted by Crippen LogP contribution is -2.25. The van der Waals surface area contributed by atoms with E-state index in [1.165, 1.54) is 0 Å². The van der Waals surface area contributed by atoms with E-state index in [9.17, 15) is 4.79 Å². The number of hydrogen-bond acceptors (Lipinski definition) is 3. The van der Waals surface area contributed by atoms with Crippen molar-refractivity contribution in [2.45, 2.75) is 26.9 Å². The van der Waals surface area contributed by atoms with Crippen molar-refractivity contribution in [3.8, 4) is 0 Å². The number of carbonyl (C=O) groups excluding carboxylic acids is 1. The van der Waals surface area contributed by atoms with Crippen LogP contribution in [0.3, 0.4) is 0 Å². The van der Waals surface area contributed by atoms with Gasteiger partial charge in [0, 0.05) is 38.1 Å². The Kier molecular flexibility index (Phi) is 3.59. The van der Waals surface area contributed by atoms with Gasteiger partial charge in [-0.15, -0.1) is 0 Å². The summed E-state index contributed by atoms with van der Waals surface area (Å²) in [5.74, 6) is -0.123. The maximum Gasteiger partial charge on any atom is 0.268 e. The Bertz CT molecular complexity index is 596. The third-order valence-electron chi connectivity index (χ3n) is 3.05. The summed E-state index contributed by atoms with van der Waals surface area (Å²) < 4.78 is 3.57. The number of nitrogens with one attached hydrogen (secondary N) is 1. The Hall–Kier alpha value is -2.24. The topological polar surface area (TPSA) is 77.9 Å². The summed E-state index contributed by atoms with van der Waals surface area (Å²) in [6.45, 7) is 5.08. The second kappa shape index (κ2) is 5.17. The van der Waals surface area contributed by atoms with Gasteiger partial charge < -0.3 is 15.6 Å². The highest BCUT2D eigenvalue weighted by molar-refractivity contribution is 5.93. The molecule has 0 spiro atoms. The number of carbonyl (C=O) groups is 1. The van der Waals surface area contributed by atoms with E-state index in [1.807, 2.05) is 31.7 Å². The molecule has 0 unspecified atom stereocenters. The molecule has 1 amide bonds. The Balaban J connectivity index is 2.07. The summed E-state index contributed by atoms with van der Waals surface area (Å²) in [6, 6.07) is 1.69. The lowest BCUT2D eigenvalue weighted by Gasteiger charge is -2.07. The number of nitrogens with two attached hydrogens (primary N) is 1. The van der Waals surface area contributed by atoms with Gasteiger partial charge in [0.1, 0.15) is 5.69 Å². The molecule has 0 aliphatic heterocycles. The molecule has 0 saturated carbocycles. The van der Waals surface area contributed by atoms with Crippen molar-refractivity contribution in [2.75, 3.05) is 5.73 Å². The van der Waals surface area contributed by atoms with Crippen LogP contribution in [0.15, 0.2) is 18.5 Å². The molecular formula is C13H19N5O. The lowest BCUT2D eigenvalue weighted by molar-refractivity contribution is 0.0941. The third kappa shape index (κ3) is 2.78. The molecule has 2 rings (SSSR count). The fourth-order valence-corrected chi connectivity index (χ4v) is 2.07. The summed E-state index contributed by atoms with van der Waals surface area (Å²) in [4.78, 5) is 12.1. The van der Waals surface area contributed by atoms with Crippen molar-refractivity contribution in [1.82, 2.24) is 19.7 Å². The lowest BCUT2D eigenvalue weighted by atomic mass is 10.2. The van der Waals surface area contributed by atoms with Gasteiger partial charge in [-0.3, -0.25) is 9.48 Å². The molecule has 0 aliphatic carbocycles. The van der Waals surface area contributed by atoms with Crippen molar-refractivity contribution in [2.24, 2.45) is 7.05 Å². The SMILES string of the molecule is CCn1cc(N)cc1C(=O)NCc1cn(C)nc1C. The number of rotatable bonds is 4. The minimum absolute atomic E-state index is 0.123. The first kappa shape index (κ1) is 13.2. The zero-order chi connectivity index (χ0) is 14.0. The van der Waals surface area contributed by atoms with Crippen molar-refractivity contribution in [3.63, 3.8) is 0 Å². The van der Waals surface area contributed by atoms with Crippen LogP contribution in [0, 0.1) is 6.92 Å². The number of hydrogen-bond donors (Lipinski definition) is 2. The van der Waals surface area contributed by atoms with Gasteiger partial charge in [-0.25, -0.2) is 0 Å². The van der Waals surface area contributed by atoms with Gasteiger partial charge in [0.05, 0.1) is 11.4 Å². The largest absolute Gasteiger partial charge is 0.397 e. The van der Waals surface area contributed by atoms with E-state index in [2.05, 4.69) is 10.4 Å². The second-order valence-corrected chi connectivity index (χ2v) is 4.54. The minimum atomic E-state index is -0.123. The fraction of sp³-hybridized carbons (Fsp3) is 0.385. The Morgan fingerprint density at radius 1 is 1.47 bits per heavy atom. The van der Waals surface area contributed by atoms with E-state index < -0.39 is 0 Å². The van der Waals surface area contributed by atoms with Crippen LogP contribution in [-0.4, -0.2) is 20.3 Å². The molecule has 0 saturated heterocycles. The molecule has 0 aliphatic rings. The van der Waals surface area contributed by atoms with Gasteiger partial charge in [0.2, 0.25) is 0 Å². The van der Waals surface area contributed by atoms with Crippen LogP contribution in [0.5, 0.6) is 0 Å². The summed E-state index contributed by atoms with van der Waals surface area (Å²) in [5, 5.41) is 7.13. The molecule has 6 heteroatoms. The molecule has 2 aromatic heterocycles. The number of nitrogen functional groups attached to an aromatic ring is 1. The molecule has 2 aromatic rings. The van der Waals surface area contributed by atoms with Gasteiger partial charge in [-0.05, 0) is 19.9 Å². The van der Waals surface area contributed by atoms with E-state index in [1.54, 1.807) is 16.9 Å². The predicted octanol–water partition coefficient (Wildman–Crippen LogP) is 1.06. The molecule has 2 heterocycles. The van der Waals surface area contributed by atoms with Gasteiger partial charge in [0.25, 0.3) is 5.91 Å². The predicted molar refractivity (Wildman–Crippen MR) is 73.6 cm³/mol. The number of nitrogens with zero attached hydrogens (tertiary/aromatic N) is 3. The molecule has 3 N–H and O–H groups in total. The van der Waals surface area contributed by atoms with Gasteiger partial charge >= 0.3 is 0 Å². The maximum absolute atomic E-state index is 12.1. The average molecular weight is 261 g/mol. The van der Waals surface area contributed by atoms with Crippen molar-refractivity contribution >= 4 is 11.6 Å². The van der Waals surface area contributed by atoms with Gasteiger partial charge in [0.15, 0.2) is 0 Å². The number of aromatic nitrogens is 3. The van der Waals surface area contributed by atoms with Crippen LogP contribution in [-0.2, 0) is 20.1 Å². The number of anilines is 1. The number of aryl methyl sites for hydroxylation is 3. The molecule has 6 nitrogen and oxygen atoms in total. The van der Waals surface area contributed by atoms with E-state index in [0.29, 0.717) is 24.5 Å². The Morgan fingerprint density at radius 3 is 2.79 bits per heavy atom. The van der Waals surface area contributed by atoms with Crippen molar-refractivity contribution < 1.29 is 4.79 Å². The molecule has 19 heavy (non-hydrogen) atoms. The second-order valence-electron chi connectivity index (χ2n) is 4.54.